The molecule has 1 amide bonds. The van der Waals surface area contributed by atoms with Crippen molar-refractivity contribution in [2.45, 2.75) is 18.9 Å². The number of carbonyl (C=O) groups is 1. The van der Waals surface area contributed by atoms with Crippen LogP contribution >= 0.6 is 11.3 Å². The number of anilines is 1. The zero-order chi connectivity index (χ0) is 16.4. The van der Waals surface area contributed by atoms with E-state index in [1.165, 1.54) is 5.39 Å². The maximum absolute atomic E-state index is 12.5. The summed E-state index contributed by atoms with van der Waals surface area (Å²) < 4.78 is 0. The lowest BCUT2D eigenvalue weighted by atomic mass is 10.0. The molecule has 2 aromatic carbocycles. The minimum absolute atomic E-state index is 0.0948. The number of carbonyl (C=O) groups excluding carboxylic acids is 1. The van der Waals surface area contributed by atoms with Gasteiger partial charge in [-0.05, 0) is 22.8 Å². The highest BCUT2D eigenvalue weighted by Crippen LogP contribution is 2.23. The van der Waals surface area contributed by atoms with Crippen molar-refractivity contribution in [1.82, 2.24) is 10.3 Å². The summed E-state index contributed by atoms with van der Waals surface area (Å²) in [6, 6.07) is 14.6. The van der Waals surface area contributed by atoms with E-state index < -0.39 is 0 Å². The molecule has 0 radical (unpaired) electrons. The number of nitrogens with one attached hydrogen (secondary N) is 1. The van der Waals surface area contributed by atoms with Crippen LogP contribution in [-0.2, 0) is 11.2 Å². The normalized spacial score (nSPS) is 17.3. The smallest absolute Gasteiger partial charge is 0.224 e. The third-order valence-corrected chi connectivity index (χ3v) is 5.31. The van der Waals surface area contributed by atoms with Gasteiger partial charge in [-0.2, -0.15) is 0 Å². The van der Waals surface area contributed by atoms with E-state index in [2.05, 4.69) is 33.4 Å². The first-order valence-electron chi connectivity index (χ1n) is 8.20. The van der Waals surface area contributed by atoms with E-state index in [-0.39, 0.29) is 11.9 Å². The lowest BCUT2D eigenvalue weighted by molar-refractivity contribution is -0.121. The third kappa shape index (κ3) is 3.12. The van der Waals surface area contributed by atoms with Gasteiger partial charge in [-0.1, -0.05) is 42.5 Å². The van der Waals surface area contributed by atoms with Crippen LogP contribution in [0.3, 0.4) is 0 Å². The highest BCUT2D eigenvalue weighted by molar-refractivity contribution is 7.13. The van der Waals surface area contributed by atoms with E-state index >= 15 is 0 Å². The summed E-state index contributed by atoms with van der Waals surface area (Å²) in [7, 11) is 0. The van der Waals surface area contributed by atoms with E-state index in [1.807, 2.05) is 35.8 Å². The zero-order valence-corrected chi connectivity index (χ0v) is 14.1. The molecular weight excluding hydrogens is 318 g/mol. The van der Waals surface area contributed by atoms with Crippen molar-refractivity contribution < 1.29 is 4.79 Å². The van der Waals surface area contributed by atoms with E-state index in [0.717, 1.165) is 35.6 Å². The Bertz CT molecular complexity index is 841. The summed E-state index contributed by atoms with van der Waals surface area (Å²) in [4.78, 5) is 19.1. The van der Waals surface area contributed by atoms with Crippen molar-refractivity contribution in [3.63, 3.8) is 0 Å². The largest absolute Gasteiger partial charge is 0.351 e. The first-order chi connectivity index (χ1) is 11.8. The van der Waals surface area contributed by atoms with Crippen molar-refractivity contribution >= 4 is 33.1 Å². The maximum Gasteiger partial charge on any atom is 0.224 e. The van der Waals surface area contributed by atoms with Gasteiger partial charge in [-0.3, -0.25) is 4.79 Å². The Morgan fingerprint density at radius 3 is 3.00 bits per heavy atom. The molecule has 4 nitrogen and oxygen atoms in total. The molecule has 24 heavy (non-hydrogen) atoms. The van der Waals surface area contributed by atoms with E-state index in [1.54, 1.807) is 11.3 Å². The molecule has 1 aromatic heterocycles. The van der Waals surface area contributed by atoms with Gasteiger partial charge < -0.3 is 10.2 Å². The fraction of sp³-hybridized carbons (Fsp3) is 0.263. The van der Waals surface area contributed by atoms with Gasteiger partial charge in [0.1, 0.15) is 0 Å². The number of aromatic nitrogens is 1. The van der Waals surface area contributed by atoms with E-state index in [4.69, 9.17) is 0 Å². The predicted molar refractivity (Wildman–Crippen MR) is 98.5 cm³/mol. The second-order valence-electron chi connectivity index (χ2n) is 6.13. The van der Waals surface area contributed by atoms with Crippen molar-refractivity contribution in [2.24, 2.45) is 0 Å². The SMILES string of the molecule is O=C(Cc1cccc2ccccc12)N[C@H]1CCN(c2nccs2)C1. The fourth-order valence-electron chi connectivity index (χ4n) is 3.32. The number of nitrogens with zero attached hydrogens (tertiary/aromatic N) is 2. The lowest BCUT2D eigenvalue weighted by Gasteiger charge is -2.16. The predicted octanol–water partition coefficient (Wildman–Crippen LogP) is 3.23. The molecule has 1 fully saturated rings. The molecule has 0 aliphatic carbocycles. The first kappa shape index (κ1) is 15.1. The Kier molecular flexibility index (Phi) is 4.17. The molecule has 1 aliphatic heterocycles. The van der Waals surface area contributed by atoms with Gasteiger partial charge in [0.15, 0.2) is 5.13 Å². The van der Waals surface area contributed by atoms with Crippen molar-refractivity contribution in [2.75, 3.05) is 18.0 Å². The number of amides is 1. The van der Waals surface area contributed by atoms with Crippen LogP contribution in [0.1, 0.15) is 12.0 Å². The molecule has 1 aliphatic rings. The molecule has 4 rings (SSSR count). The van der Waals surface area contributed by atoms with Gasteiger partial charge in [0.05, 0.1) is 6.42 Å². The summed E-state index contributed by atoms with van der Waals surface area (Å²) in [5.74, 6) is 0.0948. The second-order valence-corrected chi connectivity index (χ2v) is 7.00. The molecule has 0 unspecified atom stereocenters. The highest BCUT2D eigenvalue weighted by atomic mass is 32.1. The zero-order valence-electron chi connectivity index (χ0n) is 13.3. The Hall–Kier alpha value is -2.40. The maximum atomic E-state index is 12.5. The number of fused-ring (bicyclic) bond motifs is 1. The van der Waals surface area contributed by atoms with Crippen LogP contribution in [0.25, 0.3) is 10.8 Å². The van der Waals surface area contributed by atoms with Crippen molar-refractivity contribution in [3.05, 3.63) is 59.6 Å². The third-order valence-electron chi connectivity index (χ3n) is 4.47. The van der Waals surface area contributed by atoms with Gasteiger partial charge in [0.2, 0.25) is 5.91 Å². The quantitative estimate of drug-likeness (QED) is 0.795. The topological polar surface area (TPSA) is 45.2 Å². The molecule has 5 heteroatoms. The number of rotatable bonds is 4. The molecule has 1 N–H and O–H groups in total. The molecule has 3 aromatic rings. The molecule has 0 saturated carbocycles. The van der Waals surface area contributed by atoms with Crippen molar-refractivity contribution in [3.8, 4) is 0 Å². The number of benzene rings is 2. The van der Waals surface area contributed by atoms with Crippen LogP contribution in [0.2, 0.25) is 0 Å². The van der Waals surface area contributed by atoms with E-state index in [9.17, 15) is 4.79 Å². The number of thiazole rings is 1. The van der Waals surface area contributed by atoms with Crippen LogP contribution in [0.4, 0.5) is 5.13 Å². The van der Waals surface area contributed by atoms with Crippen molar-refractivity contribution in [1.29, 1.82) is 0 Å². The minimum Gasteiger partial charge on any atom is -0.351 e. The summed E-state index contributed by atoms with van der Waals surface area (Å²) in [5.41, 5.74) is 1.08. The average molecular weight is 337 g/mol. The molecular formula is C19H19N3OS. The Balaban J connectivity index is 1.40. The molecule has 0 spiro atoms. The van der Waals surface area contributed by atoms with Crippen LogP contribution in [0.5, 0.6) is 0 Å². The molecule has 1 saturated heterocycles. The summed E-state index contributed by atoms with van der Waals surface area (Å²) in [5, 5.41) is 8.55. The van der Waals surface area contributed by atoms with E-state index in [0.29, 0.717) is 6.42 Å². The standard InChI is InChI=1S/C19H19N3OS/c23-18(12-15-6-3-5-14-4-1-2-7-17(14)15)21-16-8-10-22(13-16)19-20-9-11-24-19/h1-7,9,11,16H,8,10,12-13H2,(H,21,23)/t16-/m0/s1. The first-order valence-corrected chi connectivity index (χ1v) is 9.08. The summed E-state index contributed by atoms with van der Waals surface area (Å²) in [6.07, 6.45) is 3.22. The van der Waals surface area contributed by atoms with Gasteiger partial charge in [0.25, 0.3) is 0 Å². The Labute approximate surface area is 145 Å². The number of hydrogen-bond donors (Lipinski definition) is 1. The van der Waals surface area contributed by atoms with Gasteiger partial charge in [0, 0.05) is 30.7 Å². The average Bonchev–Trinajstić information content (AvgIpc) is 3.26. The van der Waals surface area contributed by atoms with Gasteiger partial charge in [-0.15, -0.1) is 11.3 Å². The van der Waals surface area contributed by atoms with Crippen LogP contribution < -0.4 is 10.2 Å². The van der Waals surface area contributed by atoms with Gasteiger partial charge >= 0.3 is 0 Å². The van der Waals surface area contributed by atoms with Gasteiger partial charge in [-0.25, -0.2) is 4.98 Å². The van der Waals surface area contributed by atoms with Crippen LogP contribution in [0, 0.1) is 0 Å². The van der Waals surface area contributed by atoms with Crippen LogP contribution in [0.15, 0.2) is 54.0 Å². The number of hydrogen-bond acceptors (Lipinski definition) is 4. The Morgan fingerprint density at radius 1 is 1.25 bits per heavy atom. The fourth-order valence-corrected chi connectivity index (χ4v) is 4.00. The molecule has 2 heterocycles. The molecule has 122 valence electrons. The summed E-state index contributed by atoms with van der Waals surface area (Å²) >= 11 is 1.65. The minimum atomic E-state index is 0.0948. The second kappa shape index (κ2) is 6.61. The molecule has 1 atom stereocenters. The highest BCUT2D eigenvalue weighted by Gasteiger charge is 2.25. The summed E-state index contributed by atoms with van der Waals surface area (Å²) in [6.45, 7) is 1.79. The Morgan fingerprint density at radius 2 is 2.12 bits per heavy atom. The van der Waals surface area contributed by atoms with Crippen LogP contribution in [-0.4, -0.2) is 30.0 Å². The monoisotopic (exact) mass is 337 g/mol. The molecule has 0 bridgehead atoms. The lowest BCUT2D eigenvalue weighted by Crippen LogP contribution is -2.38.